The molecular formula is C10H15N5O. The van der Waals surface area contributed by atoms with Crippen molar-refractivity contribution in [2.45, 2.75) is 6.92 Å². The van der Waals surface area contributed by atoms with Gasteiger partial charge in [0.15, 0.2) is 0 Å². The molecule has 0 unspecified atom stereocenters. The van der Waals surface area contributed by atoms with E-state index in [0.29, 0.717) is 17.2 Å². The van der Waals surface area contributed by atoms with Gasteiger partial charge in [0, 0.05) is 32.4 Å². The Morgan fingerprint density at radius 1 is 1.50 bits per heavy atom. The van der Waals surface area contributed by atoms with Gasteiger partial charge >= 0.3 is 0 Å². The Hall–Kier alpha value is -1.69. The van der Waals surface area contributed by atoms with Gasteiger partial charge in [0.25, 0.3) is 5.91 Å². The number of piperazine rings is 1. The number of carbonyl (C=O) groups is 1. The molecule has 1 aliphatic heterocycles. The predicted molar refractivity (Wildman–Crippen MR) is 60.4 cm³/mol. The van der Waals surface area contributed by atoms with Crippen molar-refractivity contribution in [1.29, 1.82) is 0 Å². The highest BCUT2D eigenvalue weighted by Gasteiger charge is 2.15. The maximum Gasteiger partial charge on any atom is 0.252 e. The number of primary amides is 1. The second kappa shape index (κ2) is 4.44. The van der Waals surface area contributed by atoms with Crippen LogP contribution in [0, 0.1) is 6.92 Å². The largest absolute Gasteiger partial charge is 0.365 e. The van der Waals surface area contributed by atoms with Crippen LogP contribution in [0.5, 0.6) is 0 Å². The summed E-state index contributed by atoms with van der Waals surface area (Å²) in [6, 6.07) is 0. The molecule has 1 aromatic rings. The van der Waals surface area contributed by atoms with Gasteiger partial charge in [-0.15, -0.1) is 0 Å². The van der Waals surface area contributed by atoms with Crippen molar-refractivity contribution in [2.75, 3.05) is 31.1 Å². The molecule has 1 aromatic heterocycles. The molecule has 0 atom stereocenters. The number of anilines is 1. The maximum absolute atomic E-state index is 11.0. The minimum absolute atomic E-state index is 0.388. The Morgan fingerprint density at radius 3 is 2.75 bits per heavy atom. The van der Waals surface area contributed by atoms with Gasteiger partial charge in [-0.05, 0) is 6.92 Å². The molecule has 16 heavy (non-hydrogen) atoms. The maximum atomic E-state index is 11.0. The fourth-order valence-corrected chi connectivity index (χ4v) is 1.71. The highest BCUT2D eigenvalue weighted by atomic mass is 16.1. The van der Waals surface area contributed by atoms with Crippen LogP contribution >= 0.6 is 0 Å². The van der Waals surface area contributed by atoms with E-state index >= 15 is 0 Å². The van der Waals surface area contributed by atoms with Gasteiger partial charge in [-0.25, -0.2) is 9.97 Å². The van der Waals surface area contributed by atoms with Gasteiger partial charge in [0.1, 0.15) is 0 Å². The molecule has 86 valence electrons. The molecule has 6 heteroatoms. The van der Waals surface area contributed by atoms with Gasteiger partial charge in [0.05, 0.1) is 11.3 Å². The Morgan fingerprint density at radius 2 is 2.19 bits per heavy atom. The number of nitrogens with zero attached hydrogens (tertiary/aromatic N) is 3. The molecule has 0 saturated carbocycles. The molecule has 1 saturated heterocycles. The summed E-state index contributed by atoms with van der Waals surface area (Å²) in [5.41, 5.74) is 6.22. The van der Waals surface area contributed by atoms with E-state index < -0.39 is 5.91 Å². The van der Waals surface area contributed by atoms with Crippen LogP contribution < -0.4 is 16.0 Å². The van der Waals surface area contributed by atoms with Gasteiger partial charge in [-0.3, -0.25) is 4.79 Å². The lowest BCUT2D eigenvalue weighted by atomic mass is 10.2. The summed E-state index contributed by atoms with van der Waals surface area (Å²) in [6.07, 6.45) is 1.50. The molecule has 0 spiro atoms. The minimum atomic E-state index is -0.482. The zero-order chi connectivity index (χ0) is 11.5. The monoisotopic (exact) mass is 221 g/mol. The summed E-state index contributed by atoms with van der Waals surface area (Å²) in [4.78, 5) is 21.6. The van der Waals surface area contributed by atoms with Crippen LogP contribution in [0.2, 0.25) is 0 Å². The Labute approximate surface area is 93.9 Å². The van der Waals surface area contributed by atoms with Crippen molar-refractivity contribution in [3.8, 4) is 0 Å². The van der Waals surface area contributed by atoms with Crippen LogP contribution in [-0.2, 0) is 0 Å². The average molecular weight is 221 g/mol. The Kier molecular flexibility index (Phi) is 3.00. The van der Waals surface area contributed by atoms with Gasteiger partial charge in [0.2, 0.25) is 5.95 Å². The second-order valence-electron chi connectivity index (χ2n) is 3.77. The Balaban J connectivity index is 2.23. The third-order valence-electron chi connectivity index (χ3n) is 2.63. The van der Waals surface area contributed by atoms with E-state index in [1.54, 1.807) is 6.92 Å². The lowest BCUT2D eigenvalue weighted by molar-refractivity contribution is 0.0999. The highest BCUT2D eigenvalue weighted by molar-refractivity contribution is 5.93. The number of hydrogen-bond donors (Lipinski definition) is 2. The van der Waals surface area contributed by atoms with Crippen LogP contribution in [0.25, 0.3) is 0 Å². The van der Waals surface area contributed by atoms with Gasteiger partial charge in [-0.2, -0.15) is 0 Å². The van der Waals surface area contributed by atoms with Crippen molar-refractivity contribution in [3.63, 3.8) is 0 Å². The summed E-state index contributed by atoms with van der Waals surface area (Å²) in [7, 11) is 0. The van der Waals surface area contributed by atoms with E-state index in [0.717, 1.165) is 26.2 Å². The molecule has 3 N–H and O–H groups in total. The summed E-state index contributed by atoms with van der Waals surface area (Å²) in [5, 5.41) is 3.26. The summed E-state index contributed by atoms with van der Waals surface area (Å²) in [5.74, 6) is 0.188. The van der Waals surface area contributed by atoms with Crippen LogP contribution in [0.1, 0.15) is 16.1 Å². The van der Waals surface area contributed by atoms with Gasteiger partial charge < -0.3 is 16.0 Å². The third-order valence-corrected chi connectivity index (χ3v) is 2.63. The van der Waals surface area contributed by atoms with E-state index in [-0.39, 0.29) is 0 Å². The predicted octanol–water partition coefficient (Wildman–Crippen LogP) is -0.706. The normalized spacial score (nSPS) is 16.2. The molecule has 1 fully saturated rings. The fourth-order valence-electron chi connectivity index (χ4n) is 1.71. The lowest BCUT2D eigenvalue weighted by Gasteiger charge is -2.27. The van der Waals surface area contributed by atoms with Gasteiger partial charge in [-0.1, -0.05) is 0 Å². The zero-order valence-electron chi connectivity index (χ0n) is 9.23. The summed E-state index contributed by atoms with van der Waals surface area (Å²) < 4.78 is 0. The van der Waals surface area contributed by atoms with E-state index in [9.17, 15) is 4.79 Å². The first-order valence-electron chi connectivity index (χ1n) is 5.27. The molecule has 2 rings (SSSR count). The molecule has 0 radical (unpaired) electrons. The van der Waals surface area contributed by atoms with Crippen LogP contribution in [0.3, 0.4) is 0 Å². The minimum Gasteiger partial charge on any atom is -0.365 e. The number of nitrogens with two attached hydrogens (primary N) is 1. The summed E-state index contributed by atoms with van der Waals surface area (Å²) >= 11 is 0. The molecule has 0 aromatic carbocycles. The van der Waals surface area contributed by atoms with E-state index in [4.69, 9.17) is 5.73 Å². The van der Waals surface area contributed by atoms with Crippen molar-refractivity contribution < 1.29 is 4.79 Å². The number of aromatic nitrogens is 2. The van der Waals surface area contributed by atoms with E-state index in [1.807, 2.05) is 0 Å². The van der Waals surface area contributed by atoms with E-state index in [2.05, 4.69) is 20.2 Å². The molecule has 0 bridgehead atoms. The van der Waals surface area contributed by atoms with Crippen molar-refractivity contribution in [1.82, 2.24) is 15.3 Å². The lowest BCUT2D eigenvalue weighted by Crippen LogP contribution is -2.44. The first-order valence-corrected chi connectivity index (χ1v) is 5.27. The number of nitrogens with one attached hydrogen (secondary N) is 1. The second-order valence-corrected chi connectivity index (χ2v) is 3.77. The topological polar surface area (TPSA) is 84.1 Å². The first-order chi connectivity index (χ1) is 7.68. The first kappa shape index (κ1) is 10.8. The third kappa shape index (κ3) is 2.11. The molecule has 2 heterocycles. The smallest absolute Gasteiger partial charge is 0.252 e. The standard InChI is InChI=1S/C10H15N5O/c1-7-8(9(11)16)6-13-10(14-7)15-4-2-12-3-5-15/h6,12H,2-5H2,1H3,(H2,11,16). The number of amides is 1. The quantitative estimate of drug-likeness (QED) is 0.689. The Bertz CT molecular complexity index is 400. The van der Waals surface area contributed by atoms with Crippen molar-refractivity contribution in [2.24, 2.45) is 5.73 Å². The number of rotatable bonds is 2. The van der Waals surface area contributed by atoms with E-state index in [1.165, 1.54) is 6.20 Å². The van der Waals surface area contributed by atoms with Crippen LogP contribution in [0.4, 0.5) is 5.95 Å². The SMILES string of the molecule is Cc1nc(N2CCNCC2)ncc1C(N)=O. The summed E-state index contributed by atoms with van der Waals surface area (Å²) in [6.45, 7) is 5.40. The molecule has 1 aliphatic rings. The number of carbonyl (C=O) groups excluding carboxylic acids is 1. The average Bonchev–Trinajstić information content (AvgIpc) is 2.29. The highest BCUT2D eigenvalue weighted by Crippen LogP contribution is 2.11. The fraction of sp³-hybridized carbons (Fsp3) is 0.500. The molecule has 6 nitrogen and oxygen atoms in total. The van der Waals surface area contributed by atoms with Crippen molar-refractivity contribution in [3.05, 3.63) is 17.5 Å². The number of aryl methyl sites for hydroxylation is 1. The zero-order valence-corrected chi connectivity index (χ0v) is 9.23. The van der Waals surface area contributed by atoms with Crippen LogP contribution in [0.15, 0.2) is 6.20 Å². The molecular weight excluding hydrogens is 206 g/mol. The van der Waals surface area contributed by atoms with Crippen molar-refractivity contribution >= 4 is 11.9 Å². The van der Waals surface area contributed by atoms with Crippen LogP contribution in [-0.4, -0.2) is 42.1 Å². The number of hydrogen-bond acceptors (Lipinski definition) is 5. The molecule has 0 aliphatic carbocycles. The molecule has 1 amide bonds.